The van der Waals surface area contributed by atoms with E-state index in [0.717, 1.165) is 24.3 Å². The Labute approximate surface area is 107 Å². The van der Waals surface area contributed by atoms with Crippen molar-refractivity contribution in [1.29, 1.82) is 0 Å². The highest BCUT2D eigenvalue weighted by molar-refractivity contribution is 7.91. The lowest BCUT2D eigenvalue weighted by Gasteiger charge is -2.04. The summed E-state index contributed by atoms with van der Waals surface area (Å²) in [5.74, 6) is -0.453. The van der Waals surface area contributed by atoms with Crippen molar-refractivity contribution in [1.82, 2.24) is 5.48 Å². The fraction of sp³-hybridized carbons (Fsp3) is 0.222. The van der Waals surface area contributed by atoms with Crippen molar-refractivity contribution >= 4 is 21.6 Å². The van der Waals surface area contributed by atoms with E-state index >= 15 is 0 Å². The van der Waals surface area contributed by atoms with Crippen LogP contribution in [-0.4, -0.2) is 36.9 Å². The zero-order valence-electron chi connectivity index (χ0n) is 9.48. The van der Waals surface area contributed by atoms with Crippen LogP contribution in [0.25, 0.3) is 0 Å². The summed E-state index contributed by atoms with van der Waals surface area (Å²) in [5, 5.41) is 18.6. The van der Waals surface area contributed by atoms with Crippen molar-refractivity contribution in [3.05, 3.63) is 34.4 Å². The van der Waals surface area contributed by atoms with Gasteiger partial charge in [0.15, 0.2) is 9.84 Å². The molecule has 0 fully saturated rings. The van der Waals surface area contributed by atoms with Crippen LogP contribution in [0.2, 0.25) is 0 Å². The molecular weight excluding hydrogens is 280 g/mol. The first-order valence-corrected chi connectivity index (χ1v) is 6.56. The molecule has 0 heterocycles. The number of benzene rings is 1. The van der Waals surface area contributed by atoms with Gasteiger partial charge < -0.3 is 5.11 Å². The van der Waals surface area contributed by atoms with E-state index in [1.165, 1.54) is 0 Å². The molecule has 1 amide bonds. The maximum Gasteiger partial charge on any atom is 0.428 e. The number of nitro groups is 1. The lowest BCUT2D eigenvalue weighted by Crippen LogP contribution is -2.24. The Kier molecular flexibility index (Phi) is 4.78. The molecule has 9 nitrogen and oxygen atoms in total. The summed E-state index contributed by atoms with van der Waals surface area (Å²) in [6.07, 6.45) is -1.44. The molecule has 0 atom stereocenters. The number of non-ortho nitro benzene ring substituents is 1. The quantitative estimate of drug-likeness (QED) is 0.444. The van der Waals surface area contributed by atoms with Crippen LogP contribution < -0.4 is 5.48 Å². The van der Waals surface area contributed by atoms with Gasteiger partial charge >= 0.3 is 6.09 Å². The van der Waals surface area contributed by atoms with Crippen molar-refractivity contribution in [2.24, 2.45) is 0 Å². The number of hydroxylamine groups is 1. The average molecular weight is 290 g/mol. The van der Waals surface area contributed by atoms with Gasteiger partial charge in [-0.25, -0.2) is 13.2 Å². The van der Waals surface area contributed by atoms with Crippen LogP contribution in [0.5, 0.6) is 0 Å². The van der Waals surface area contributed by atoms with Crippen molar-refractivity contribution in [3.63, 3.8) is 0 Å². The maximum absolute atomic E-state index is 11.7. The summed E-state index contributed by atoms with van der Waals surface area (Å²) < 4.78 is 23.5. The number of hydrogen-bond donors (Lipinski definition) is 2. The molecule has 2 N–H and O–H groups in total. The number of carbonyl (C=O) groups is 1. The predicted molar refractivity (Wildman–Crippen MR) is 62.3 cm³/mol. The third-order valence-electron chi connectivity index (χ3n) is 2.02. The smallest absolute Gasteiger partial charge is 0.428 e. The van der Waals surface area contributed by atoms with Crippen LogP contribution in [0.3, 0.4) is 0 Å². The zero-order valence-corrected chi connectivity index (χ0v) is 10.3. The summed E-state index contributed by atoms with van der Waals surface area (Å²) in [5.41, 5.74) is 1.34. The molecule has 10 heteroatoms. The van der Waals surface area contributed by atoms with Crippen molar-refractivity contribution in [3.8, 4) is 0 Å². The number of hydrogen-bond acceptors (Lipinski definition) is 6. The number of amides is 1. The van der Waals surface area contributed by atoms with Gasteiger partial charge in [0.25, 0.3) is 5.69 Å². The summed E-state index contributed by atoms with van der Waals surface area (Å²) in [6, 6.07) is 4.36. The Balaban J connectivity index is 2.66. The van der Waals surface area contributed by atoms with Gasteiger partial charge in [0.2, 0.25) is 0 Å². The Morgan fingerprint density at radius 3 is 2.42 bits per heavy atom. The first-order valence-electron chi connectivity index (χ1n) is 4.91. The zero-order chi connectivity index (χ0) is 14.5. The van der Waals surface area contributed by atoms with E-state index < -0.39 is 26.6 Å². The molecule has 1 rings (SSSR count). The predicted octanol–water partition coefficient (Wildman–Crippen LogP) is 0.568. The van der Waals surface area contributed by atoms with Gasteiger partial charge in [-0.1, -0.05) is 0 Å². The average Bonchev–Trinajstić information content (AvgIpc) is 2.34. The molecule has 0 aliphatic rings. The fourth-order valence-electron chi connectivity index (χ4n) is 1.16. The third-order valence-corrected chi connectivity index (χ3v) is 3.71. The summed E-state index contributed by atoms with van der Waals surface area (Å²) in [6.45, 7) is -0.369. The van der Waals surface area contributed by atoms with Gasteiger partial charge in [0.05, 0.1) is 22.2 Å². The van der Waals surface area contributed by atoms with Crippen LogP contribution in [0.4, 0.5) is 10.5 Å². The largest absolute Gasteiger partial charge is 0.464 e. The third kappa shape index (κ3) is 4.52. The van der Waals surface area contributed by atoms with E-state index in [-0.39, 0.29) is 17.2 Å². The van der Waals surface area contributed by atoms with Crippen LogP contribution in [0.1, 0.15) is 0 Å². The molecule has 0 unspecified atom stereocenters. The number of carboxylic acid groups (broad SMARTS) is 1. The lowest BCUT2D eigenvalue weighted by molar-refractivity contribution is -0.384. The normalized spacial score (nSPS) is 10.9. The van der Waals surface area contributed by atoms with E-state index in [1.54, 1.807) is 5.48 Å². The summed E-state index contributed by atoms with van der Waals surface area (Å²) in [4.78, 5) is 24.1. The highest BCUT2D eigenvalue weighted by Crippen LogP contribution is 2.16. The molecule has 0 aliphatic heterocycles. The van der Waals surface area contributed by atoms with Gasteiger partial charge in [-0.3, -0.25) is 15.0 Å². The minimum atomic E-state index is -3.68. The Hall–Kier alpha value is -2.20. The standard InChI is InChI=1S/C9H10N2O7S/c12-9(13)10-18-5-6-19(16,17)8-3-1-7(2-4-8)11(14)15/h1-4,10H,5-6H2,(H,12,13). The van der Waals surface area contributed by atoms with Gasteiger partial charge in [-0.05, 0) is 12.1 Å². The van der Waals surface area contributed by atoms with Crippen LogP contribution in [-0.2, 0) is 14.7 Å². The Bertz CT molecular complexity index is 567. The number of sulfone groups is 1. The van der Waals surface area contributed by atoms with E-state index in [2.05, 4.69) is 4.84 Å². The molecular formula is C9H10N2O7S. The Morgan fingerprint density at radius 1 is 1.37 bits per heavy atom. The first kappa shape index (κ1) is 14.9. The summed E-state index contributed by atoms with van der Waals surface area (Å²) in [7, 11) is -3.68. The van der Waals surface area contributed by atoms with E-state index in [0.29, 0.717) is 0 Å². The molecule has 0 aromatic heterocycles. The minimum Gasteiger partial charge on any atom is -0.464 e. The molecule has 1 aromatic carbocycles. The molecule has 1 aromatic rings. The topological polar surface area (TPSA) is 136 Å². The molecule has 0 radical (unpaired) electrons. The van der Waals surface area contributed by atoms with Crippen molar-refractivity contribution in [2.75, 3.05) is 12.4 Å². The second-order valence-corrected chi connectivity index (χ2v) is 5.43. The van der Waals surface area contributed by atoms with E-state index in [1.807, 2.05) is 0 Å². The van der Waals surface area contributed by atoms with E-state index in [9.17, 15) is 23.3 Å². The van der Waals surface area contributed by atoms with Crippen molar-refractivity contribution < 1.29 is 28.1 Å². The minimum absolute atomic E-state index is 0.1000. The molecule has 104 valence electrons. The van der Waals surface area contributed by atoms with Gasteiger partial charge in [-0.15, -0.1) is 0 Å². The van der Waals surface area contributed by atoms with Gasteiger partial charge in [-0.2, -0.15) is 5.48 Å². The van der Waals surface area contributed by atoms with Crippen molar-refractivity contribution in [2.45, 2.75) is 4.90 Å². The Morgan fingerprint density at radius 2 is 1.95 bits per heavy atom. The van der Waals surface area contributed by atoms with E-state index in [4.69, 9.17) is 5.11 Å². The highest BCUT2D eigenvalue weighted by atomic mass is 32.2. The lowest BCUT2D eigenvalue weighted by atomic mass is 10.3. The SMILES string of the molecule is O=C(O)NOCCS(=O)(=O)c1ccc([N+](=O)[O-])cc1. The van der Waals surface area contributed by atoms with Crippen LogP contribution in [0, 0.1) is 10.1 Å². The number of nitrogens with zero attached hydrogens (tertiary/aromatic N) is 1. The molecule has 0 spiro atoms. The molecule has 0 bridgehead atoms. The monoisotopic (exact) mass is 290 g/mol. The highest BCUT2D eigenvalue weighted by Gasteiger charge is 2.16. The van der Waals surface area contributed by atoms with Gasteiger partial charge in [0, 0.05) is 12.1 Å². The first-order chi connectivity index (χ1) is 8.83. The molecule has 0 saturated heterocycles. The maximum atomic E-state index is 11.7. The second kappa shape index (κ2) is 6.11. The fourth-order valence-corrected chi connectivity index (χ4v) is 2.25. The van der Waals surface area contributed by atoms with Gasteiger partial charge in [0.1, 0.15) is 0 Å². The number of nitrogens with one attached hydrogen (secondary N) is 1. The van der Waals surface area contributed by atoms with Crippen LogP contribution >= 0.6 is 0 Å². The number of nitro benzene ring substituents is 1. The summed E-state index contributed by atoms with van der Waals surface area (Å²) >= 11 is 0. The second-order valence-electron chi connectivity index (χ2n) is 3.33. The number of rotatable bonds is 6. The molecule has 0 saturated carbocycles. The van der Waals surface area contributed by atoms with Crippen LogP contribution in [0.15, 0.2) is 29.2 Å². The molecule has 19 heavy (non-hydrogen) atoms. The molecule has 0 aliphatic carbocycles.